The average molecular weight is 560 g/mol. The molecule has 38 heavy (non-hydrogen) atoms. The fourth-order valence-corrected chi connectivity index (χ4v) is 8.93. The molecule has 3 amide bonds. The number of anilines is 1. The summed E-state index contributed by atoms with van der Waals surface area (Å²) < 4.78 is -0.723. The minimum Gasteiger partial charge on any atom is -0.394 e. The lowest BCUT2D eigenvalue weighted by molar-refractivity contribution is -0.145. The largest absolute Gasteiger partial charge is 0.394 e. The number of carbonyl (C=O) groups is 3. The van der Waals surface area contributed by atoms with E-state index >= 15 is 0 Å². The van der Waals surface area contributed by atoms with Gasteiger partial charge in [-0.25, -0.2) is 0 Å². The number of halogens is 1. The number of hydrogen-bond donors (Lipinski definition) is 1. The van der Waals surface area contributed by atoms with Gasteiger partial charge in [0.25, 0.3) is 5.91 Å². The monoisotopic (exact) mass is 559 g/mol. The third-order valence-corrected chi connectivity index (χ3v) is 10.4. The van der Waals surface area contributed by atoms with Gasteiger partial charge in [0.2, 0.25) is 11.8 Å². The highest BCUT2D eigenvalue weighted by Crippen LogP contribution is 2.67. The minimum atomic E-state index is -0.792. The van der Waals surface area contributed by atoms with Gasteiger partial charge >= 0.3 is 0 Å². The normalized spacial score (nSPS) is 28.2. The molecule has 4 rings (SSSR count). The van der Waals surface area contributed by atoms with Gasteiger partial charge in [-0.2, -0.15) is 0 Å². The van der Waals surface area contributed by atoms with Crippen LogP contribution in [0.15, 0.2) is 49.6 Å². The zero-order valence-corrected chi connectivity index (χ0v) is 23.8. The predicted octanol–water partition coefficient (Wildman–Crippen LogP) is 4.15. The molecule has 1 N–H and O–H groups in total. The zero-order valence-electron chi connectivity index (χ0n) is 22.2. The molecule has 1 spiro atoms. The molecule has 2 bridgehead atoms. The smallest absolute Gasteiger partial charge is 0.251 e. The van der Waals surface area contributed by atoms with E-state index in [0.29, 0.717) is 36.6 Å². The first-order valence-electron chi connectivity index (χ1n) is 13.5. The van der Waals surface area contributed by atoms with E-state index in [1.165, 1.54) is 0 Å². The Balaban J connectivity index is 1.79. The molecule has 3 fully saturated rings. The van der Waals surface area contributed by atoms with Gasteiger partial charge in [-0.1, -0.05) is 37.6 Å². The summed E-state index contributed by atoms with van der Waals surface area (Å²) in [5.41, 5.74) is 0.661. The number of aliphatic hydroxyl groups is 1. The van der Waals surface area contributed by atoms with Crippen LogP contribution in [0.1, 0.15) is 39.5 Å². The van der Waals surface area contributed by atoms with Gasteiger partial charge in [0, 0.05) is 35.6 Å². The van der Waals surface area contributed by atoms with E-state index in [2.05, 4.69) is 13.2 Å². The summed E-state index contributed by atoms with van der Waals surface area (Å²) in [6.07, 6.45) is 6.14. The van der Waals surface area contributed by atoms with Crippen molar-refractivity contribution in [2.45, 2.75) is 61.6 Å². The number of nitrogens with zero attached hydrogens (tertiary/aromatic N) is 3. The summed E-state index contributed by atoms with van der Waals surface area (Å²) in [7, 11) is 0. The molecule has 1 aromatic carbocycles. The summed E-state index contributed by atoms with van der Waals surface area (Å²) in [6, 6.07) is 5.73. The second-order valence-electron chi connectivity index (χ2n) is 10.3. The first kappa shape index (κ1) is 28.7. The predicted molar refractivity (Wildman–Crippen MR) is 153 cm³/mol. The van der Waals surface area contributed by atoms with Crippen molar-refractivity contribution < 1.29 is 19.5 Å². The van der Waals surface area contributed by atoms with E-state index in [4.69, 9.17) is 11.6 Å². The first-order valence-corrected chi connectivity index (χ1v) is 14.7. The van der Waals surface area contributed by atoms with Crippen LogP contribution >= 0.6 is 23.4 Å². The van der Waals surface area contributed by atoms with Crippen LogP contribution in [0.4, 0.5) is 5.69 Å². The Morgan fingerprint density at radius 1 is 1.21 bits per heavy atom. The van der Waals surface area contributed by atoms with Gasteiger partial charge in [-0.15, -0.1) is 24.9 Å². The average Bonchev–Trinajstić information content (AvgIpc) is 3.55. The molecular formula is C29H38ClN3O4S. The number of aliphatic hydroxyl groups excluding tert-OH is 1. The maximum absolute atomic E-state index is 14.5. The highest BCUT2D eigenvalue weighted by atomic mass is 35.5. The molecule has 0 radical (unpaired) electrons. The molecule has 9 heteroatoms. The number of benzene rings is 1. The number of carbonyl (C=O) groups excluding carboxylic acids is 3. The molecule has 206 valence electrons. The Morgan fingerprint density at radius 3 is 2.47 bits per heavy atom. The Labute approximate surface area is 234 Å². The fourth-order valence-electron chi connectivity index (χ4n) is 6.61. The Bertz CT molecular complexity index is 1080. The maximum atomic E-state index is 14.5. The lowest BCUT2D eigenvalue weighted by atomic mass is 9.70. The molecule has 0 aromatic heterocycles. The second-order valence-corrected chi connectivity index (χ2v) is 12.4. The Kier molecular flexibility index (Phi) is 8.95. The van der Waals surface area contributed by atoms with Gasteiger partial charge in [-0.3, -0.25) is 14.4 Å². The van der Waals surface area contributed by atoms with Crippen molar-refractivity contribution >= 4 is 46.8 Å². The van der Waals surface area contributed by atoms with Crippen LogP contribution in [-0.4, -0.2) is 80.9 Å². The number of hydrogen-bond acceptors (Lipinski definition) is 5. The Hall–Kier alpha value is -2.29. The van der Waals surface area contributed by atoms with E-state index in [1.807, 2.05) is 13.8 Å². The van der Waals surface area contributed by atoms with Crippen molar-refractivity contribution in [2.24, 2.45) is 11.8 Å². The molecule has 3 aliphatic heterocycles. The third kappa shape index (κ3) is 4.69. The van der Waals surface area contributed by atoms with E-state index in [9.17, 15) is 19.5 Å². The standard InChI is InChI=1S/C29H38ClN3O4S/c1-5-15-31(16-6-2)26(35)23-22-13-14-29(38-22)24(23)27(36)33(20(8-4)18-34)25(29)28(37)32(17-7-3)21-11-9-19(30)10-12-21/h5,7,9-12,20,22-25,34H,1,3,6,8,13-18H2,2,4H3/t20-,22+,23-,24-,25?,29?/m0/s1. The van der Waals surface area contributed by atoms with Gasteiger partial charge in [-0.05, 0) is 49.9 Å². The van der Waals surface area contributed by atoms with Crippen molar-refractivity contribution in [1.82, 2.24) is 9.80 Å². The van der Waals surface area contributed by atoms with E-state index < -0.39 is 28.7 Å². The number of fused-ring (bicyclic) bond motifs is 1. The highest BCUT2D eigenvalue weighted by Gasteiger charge is 2.74. The minimum absolute atomic E-state index is 0.0179. The molecule has 3 saturated heterocycles. The maximum Gasteiger partial charge on any atom is 0.251 e. The Morgan fingerprint density at radius 2 is 1.89 bits per heavy atom. The molecule has 3 heterocycles. The van der Waals surface area contributed by atoms with Gasteiger partial charge in [0.05, 0.1) is 29.2 Å². The summed E-state index contributed by atoms with van der Waals surface area (Å²) >= 11 is 7.75. The van der Waals surface area contributed by atoms with Crippen LogP contribution in [0.5, 0.6) is 0 Å². The number of likely N-dealkylation sites (tertiary alicyclic amines) is 1. The van der Waals surface area contributed by atoms with Crippen LogP contribution in [0.2, 0.25) is 5.02 Å². The quantitative estimate of drug-likeness (QED) is 0.389. The van der Waals surface area contributed by atoms with E-state index in [1.54, 1.807) is 62.9 Å². The molecule has 0 aliphatic carbocycles. The fraction of sp³-hybridized carbons (Fsp3) is 0.552. The summed E-state index contributed by atoms with van der Waals surface area (Å²) in [4.78, 5) is 47.7. The molecule has 0 saturated carbocycles. The number of amides is 3. The lowest BCUT2D eigenvalue weighted by Crippen LogP contribution is -2.57. The molecule has 7 nitrogen and oxygen atoms in total. The SMILES string of the molecule is C=CCN(CCC)C(=O)[C@@H]1[C@H]2C(=O)N([C@@H](CC)CO)C(C(=O)N(CC=C)c3ccc(Cl)cc3)C23CC[C@H]1S3. The van der Waals surface area contributed by atoms with Gasteiger partial charge in [0.1, 0.15) is 6.04 Å². The summed E-state index contributed by atoms with van der Waals surface area (Å²) in [6.45, 7) is 12.6. The van der Waals surface area contributed by atoms with E-state index in [0.717, 1.165) is 12.8 Å². The van der Waals surface area contributed by atoms with Crippen LogP contribution in [0.25, 0.3) is 0 Å². The van der Waals surface area contributed by atoms with Crippen molar-refractivity contribution in [3.8, 4) is 0 Å². The topological polar surface area (TPSA) is 81.2 Å². The van der Waals surface area contributed by atoms with Gasteiger partial charge in [0.15, 0.2) is 0 Å². The highest BCUT2D eigenvalue weighted by molar-refractivity contribution is 8.02. The summed E-state index contributed by atoms with van der Waals surface area (Å²) in [5, 5.41) is 10.8. The first-order chi connectivity index (χ1) is 18.3. The summed E-state index contributed by atoms with van der Waals surface area (Å²) in [5.74, 6) is -1.54. The van der Waals surface area contributed by atoms with Crippen LogP contribution < -0.4 is 4.90 Å². The molecular weight excluding hydrogens is 522 g/mol. The van der Waals surface area contributed by atoms with E-state index in [-0.39, 0.29) is 36.1 Å². The zero-order chi connectivity index (χ0) is 27.6. The molecule has 6 atom stereocenters. The van der Waals surface area contributed by atoms with Crippen molar-refractivity contribution in [2.75, 3.05) is 31.1 Å². The van der Waals surface area contributed by atoms with Crippen LogP contribution in [-0.2, 0) is 14.4 Å². The van der Waals surface area contributed by atoms with Crippen LogP contribution in [0, 0.1) is 11.8 Å². The number of rotatable bonds is 12. The number of thioether (sulfide) groups is 1. The third-order valence-electron chi connectivity index (χ3n) is 8.20. The van der Waals surface area contributed by atoms with Crippen molar-refractivity contribution in [3.63, 3.8) is 0 Å². The molecule has 2 unspecified atom stereocenters. The van der Waals surface area contributed by atoms with Gasteiger partial charge < -0.3 is 19.8 Å². The second kappa shape index (κ2) is 11.8. The molecule has 1 aromatic rings. The lowest BCUT2D eigenvalue weighted by Gasteiger charge is -2.39. The molecule has 3 aliphatic rings. The van der Waals surface area contributed by atoms with Crippen LogP contribution in [0.3, 0.4) is 0 Å². The van der Waals surface area contributed by atoms with Crippen molar-refractivity contribution in [3.05, 3.63) is 54.6 Å². The van der Waals surface area contributed by atoms with Crippen molar-refractivity contribution in [1.29, 1.82) is 0 Å².